The lowest BCUT2D eigenvalue weighted by Crippen LogP contribution is -2.37. The second-order valence-corrected chi connectivity index (χ2v) is 6.99. The number of aryl methyl sites for hydroxylation is 1. The fraction of sp³-hybridized carbons (Fsp3) is 0.444. The molecule has 1 aliphatic heterocycles. The Balaban J connectivity index is 1.62. The van der Waals surface area contributed by atoms with Crippen LogP contribution in [0, 0.1) is 0 Å². The summed E-state index contributed by atoms with van der Waals surface area (Å²) < 4.78 is 5.41. The van der Waals surface area contributed by atoms with Gasteiger partial charge in [-0.1, -0.05) is 19.1 Å². The van der Waals surface area contributed by atoms with Gasteiger partial charge >= 0.3 is 0 Å². The first-order chi connectivity index (χ1) is 11.7. The van der Waals surface area contributed by atoms with Gasteiger partial charge in [0.05, 0.1) is 24.4 Å². The number of carbonyl (C=O) groups is 1. The molecule has 1 aliphatic rings. The van der Waals surface area contributed by atoms with Gasteiger partial charge in [-0.05, 0) is 31.0 Å². The molecule has 1 amide bonds. The van der Waals surface area contributed by atoms with Crippen LogP contribution in [-0.4, -0.2) is 42.1 Å². The van der Waals surface area contributed by atoms with Crippen LogP contribution in [0.3, 0.4) is 0 Å². The van der Waals surface area contributed by atoms with E-state index < -0.39 is 0 Å². The Morgan fingerprint density at radius 1 is 1.33 bits per heavy atom. The van der Waals surface area contributed by atoms with E-state index in [1.54, 1.807) is 6.20 Å². The van der Waals surface area contributed by atoms with Crippen LogP contribution in [0.25, 0.3) is 0 Å². The van der Waals surface area contributed by atoms with Crippen LogP contribution in [0.15, 0.2) is 30.5 Å². The van der Waals surface area contributed by atoms with Gasteiger partial charge in [-0.2, -0.15) is 0 Å². The molecule has 3 rings (SSSR count). The lowest BCUT2D eigenvalue weighted by atomic mass is 10.1. The molecule has 24 heavy (non-hydrogen) atoms. The molecule has 1 N–H and O–H groups in total. The molecule has 0 bridgehead atoms. The molecule has 1 aromatic heterocycles. The predicted octanol–water partition coefficient (Wildman–Crippen LogP) is 3.35. The quantitative estimate of drug-likeness (QED) is 0.903. The van der Waals surface area contributed by atoms with Crippen LogP contribution in [0.5, 0.6) is 0 Å². The third-order valence-corrected chi connectivity index (χ3v) is 5.46. The maximum Gasteiger partial charge on any atom is 0.267 e. The molecule has 1 unspecified atom stereocenters. The predicted molar refractivity (Wildman–Crippen MR) is 96.7 cm³/mol. The van der Waals surface area contributed by atoms with Gasteiger partial charge in [-0.25, -0.2) is 4.98 Å². The number of benzene rings is 1. The molecule has 0 aliphatic carbocycles. The Hall–Kier alpha value is -1.76. The van der Waals surface area contributed by atoms with Gasteiger partial charge < -0.3 is 10.1 Å². The molecule has 2 heterocycles. The number of ether oxygens (including phenoxy) is 1. The molecule has 1 saturated heterocycles. The number of hydrogen-bond acceptors (Lipinski definition) is 5. The third-order valence-electron chi connectivity index (χ3n) is 4.32. The number of morpholine rings is 1. The van der Waals surface area contributed by atoms with E-state index in [4.69, 9.17) is 4.74 Å². The van der Waals surface area contributed by atoms with Crippen molar-refractivity contribution < 1.29 is 9.53 Å². The van der Waals surface area contributed by atoms with E-state index in [1.165, 1.54) is 16.9 Å². The van der Waals surface area contributed by atoms with Crippen LogP contribution in [0.4, 0.5) is 5.69 Å². The van der Waals surface area contributed by atoms with E-state index >= 15 is 0 Å². The molecule has 6 heteroatoms. The molecule has 128 valence electrons. The monoisotopic (exact) mass is 345 g/mol. The van der Waals surface area contributed by atoms with Gasteiger partial charge in [0, 0.05) is 24.8 Å². The highest BCUT2D eigenvalue weighted by Gasteiger charge is 2.18. The average molecular weight is 345 g/mol. The van der Waals surface area contributed by atoms with Crippen molar-refractivity contribution in [2.75, 3.05) is 31.6 Å². The lowest BCUT2D eigenvalue weighted by Gasteiger charge is -2.32. The van der Waals surface area contributed by atoms with Crippen LogP contribution in [0.2, 0.25) is 0 Å². The van der Waals surface area contributed by atoms with Crippen molar-refractivity contribution in [2.45, 2.75) is 26.3 Å². The number of anilines is 1. The van der Waals surface area contributed by atoms with E-state index in [0.717, 1.165) is 43.4 Å². The summed E-state index contributed by atoms with van der Waals surface area (Å²) in [7, 11) is 0. The number of nitrogens with one attached hydrogen (secondary N) is 1. The minimum absolute atomic E-state index is 0.0961. The highest BCUT2D eigenvalue weighted by atomic mass is 32.1. The highest BCUT2D eigenvalue weighted by Crippen LogP contribution is 2.23. The topological polar surface area (TPSA) is 54.5 Å². The molecule has 2 aromatic rings. The molecule has 0 saturated carbocycles. The van der Waals surface area contributed by atoms with Crippen LogP contribution in [-0.2, 0) is 11.2 Å². The summed E-state index contributed by atoms with van der Waals surface area (Å²) in [6.07, 6.45) is 2.50. The van der Waals surface area contributed by atoms with Gasteiger partial charge in [-0.15, -0.1) is 11.3 Å². The summed E-state index contributed by atoms with van der Waals surface area (Å²) in [6.45, 7) is 7.77. The standard InChI is InChI=1S/C18H23N3O2S/c1-3-17-19-12-16(24-17)18(22)20-15-6-4-14(5-7-15)13(2)21-8-10-23-11-9-21/h4-7,12-13H,3,8-11H2,1-2H3,(H,20,22). The lowest BCUT2D eigenvalue weighted by molar-refractivity contribution is 0.0198. The first-order valence-corrected chi connectivity index (χ1v) is 9.17. The normalized spacial score (nSPS) is 16.8. The highest BCUT2D eigenvalue weighted by molar-refractivity contribution is 7.13. The van der Waals surface area contributed by atoms with Gasteiger partial charge in [-0.3, -0.25) is 9.69 Å². The smallest absolute Gasteiger partial charge is 0.267 e. The second-order valence-electron chi connectivity index (χ2n) is 5.87. The van der Waals surface area contributed by atoms with E-state index in [9.17, 15) is 4.79 Å². The zero-order valence-electron chi connectivity index (χ0n) is 14.1. The van der Waals surface area contributed by atoms with Gasteiger partial charge in [0.2, 0.25) is 0 Å². The molecule has 5 nitrogen and oxygen atoms in total. The number of hydrogen-bond donors (Lipinski definition) is 1. The summed E-state index contributed by atoms with van der Waals surface area (Å²) in [4.78, 5) is 19.5. The zero-order valence-corrected chi connectivity index (χ0v) is 14.9. The molecule has 1 fully saturated rings. The maximum absolute atomic E-state index is 12.2. The van der Waals surface area contributed by atoms with Crippen LogP contribution >= 0.6 is 11.3 Å². The zero-order chi connectivity index (χ0) is 16.9. The average Bonchev–Trinajstić information content (AvgIpc) is 3.12. The number of rotatable bonds is 5. The summed E-state index contributed by atoms with van der Waals surface area (Å²) in [5, 5.41) is 3.92. The first kappa shape index (κ1) is 17.1. The van der Waals surface area contributed by atoms with Gasteiger partial charge in [0.15, 0.2) is 0 Å². The van der Waals surface area contributed by atoms with Gasteiger partial charge in [0.1, 0.15) is 4.88 Å². The maximum atomic E-state index is 12.2. The summed E-state index contributed by atoms with van der Waals surface area (Å²) in [6, 6.07) is 8.45. The SMILES string of the molecule is CCc1ncc(C(=O)Nc2ccc(C(C)N3CCOCC3)cc2)s1. The minimum Gasteiger partial charge on any atom is -0.379 e. The third kappa shape index (κ3) is 4.01. The molecule has 1 atom stereocenters. The van der Waals surface area contributed by atoms with Crippen molar-refractivity contribution in [2.24, 2.45) is 0 Å². The number of thiazole rings is 1. The number of amides is 1. The van der Waals surface area contributed by atoms with Crippen LogP contribution in [0.1, 0.15) is 40.1 Å². The summed E-state index contributed by atoms with van der Waals surface area (Å²) in [5.41, 5.74) is 2.06. The van der Waals surface area contributed by atoms with Gasteiger partial charge in [0.25, 0.3) is 5.91 Å². The van der Waals surface area contributed by atoms with Crippen molar-refractivity contribution in [3.8, 4) is 0 Å². The molecule has 1 aromatic carbocycles. The molecule has 0 radical (unpaired) electrons. The Morgan fingerprint density at radius 2 is 2.04 bits per heavy atom. The summed E-state index contributed by atoms with van der Waals surface area (Å²) >= 11 is 1.45. The van der Waals surface area contributed by atoms with Crippen molar-refractivity contribution in [3.63, 3.8) is 0 Å². The Labute approximate surface area is 146 Å². The van der Waals surface area contributed by atoms with Crippen molar-refractivity contribution in [3.05, 3.63) is 45.9 Å². The van der Waals surface area contributed by atoms with Crippen molar-refractivity contribution in [1.82, 2.24) is 9.88 Å². The number of carbonyl (C=O) groups excluding carboxylic acids is 1. The number of aromatic nitrogens is 1. The fourth-order valence-electron chi connectivity index (χ4n) is 2.79. The van der Waals surface area contributed by atoms with E-state index in [-0.39, 0.29) is 5.91 Å². The first-order valence-electron chi connectivity index (χ1n) is 8.35. The van der Waals surface area contributed by atoms with E-state index in [0.29, 0.717) is 10.9 Å². The molecular weight excluding hydrogens is 322 g/mol. The van der Waals surface area contributed by atoms with Crippen molar-refractivity contribution >= 4 is 22.9 Å². The van der Waals surface area contributed by atoms with E-state index in [2.05, 4.69) is 34.3 Å². The Bertz CT molecular complexity index is 678. The largest absolute Gasteiger partial charge is 0.379 e. The summed E-state index contributed by atoms with van der Waals surface area (Å²) in [5.74, 6) is -0.0961. The second kappa shape index (κ2) is 7.88. The number of nitrogens with zero attached hydrogens (tertiary/aromatic N) is 2. The Kier molecular flexibility index (Phi) is 5.60. The van der Waals surface area contributed by atoms with Crippen LogP contribution < -0.4 is 5.32 Å². The Morgan fingerprint density at radius 3 is 2.67 bits per heavy atom. The van der Waals surface area contributed by atoms with E-state index in [1.807, 2.05) is 19.1 Å². The molecule has 0 spiro atoms. The molecular formula is C18H23N3O2S. The fourth-order valence-corrected chi connectivity index (χ4v) is 3.54. The minimum atomic E-state index is -0.0961. The van der Waals surface area contributed by atoms with Crippen molar-refractivity contribution in [1.29, 1.82) is 0 Å².